The molecular weight excluding hydrogens is 376 g/mol. The summed E-state index contributed by atoms with van der Waals surface area (Å²) in [4.78, 5) is 13.4. The van der Waals surface area contributed by atoms with Crippen LogP contribution in [0.2, 0.25) is 0 Å². The number of anilines is 1. The first-order valence-electron chi connectivity index (χ1n) is 11.0. The van der Waals surface area contributed by atoms with Crippen LogP contribution in [0.5, 0.6) is 5.75 Å². The molecule has 1 aromatic carbocycles. The summed E-state index contributed by atoms with van der Waals surface area (Å²) in [5, 5.41) is 11.5. The Bertz CT molecular complexity index is 841. The van der Waals surface area contributed by atoms with Gasteiger partial charge in [-0.15, -0.1) is 0 Å². The Labute approximate surface area is 179 Å². The van der Waals surface area contributed by atoms with Gasteiger partial charge in [-0.25, -0.2) is 9.97 Å². The van der Waals surface area contributed by atoms with Crippen molar-refractivity contribution in [2.75, 3.05) is 44.7 Å². The molecule has 1 aliphatic heterocycles. The van der Waals surface area contributed by atoms with Gasteiger partial charge in [0.25, 0.3) is 0 Å². The predicted octanol–water partition coefficient (Wildman–Crippen LogP) is 3.39. The molecule has 6 heteroatoms. The third-order valence-electron chi connectivity index (χ3n) is 6.32. The molecule has 2 heterocycles. The lowest BCUT2D eigenvalue weighted by atomic mass is 9.76. The van der Waals surface area contributed by atoms with E-state index >= 15 is 0 Å². The Morgan fingerprint density at radius 2 is 1.80 bits per heavy atom. The molecule has 0 amide bonds. The topological polar surface area (TPSA) is 61.7 Å². The number of aromatic nitrogens is 2. The quantitative estimate of drug-likeness (QED) is 0.791. The summed E-state index contributed by atoms with van der Waals surface area (Å²) in [6.45, 7) is 4.57. The molecule has 4 rings (SSSR count). The van der Waals surface area contributed by atoms with Gasteiger partial charge in [0.05, 0.1) is 12.7 Å². The minimum absolute atomic E-state index is 0.746. The molecule has 1 N–H and O–H groups in total. The molecule has 1 saturated carbocycles. The van der Waals surface area contributed by atoms with Crippen molar-refractivity contribution in [1.29, 1.82) is 0 Å². The van der Waals surface area contributed by atoms with E-state index in [2.05, 4.69) is 31.9 Å². The number of aliphatic hydroxyl groups is 1. The first-order chi connectivity index (χ1) is 14.7. The normalized spacial score (nSPS) is 20.2. The highest BCUT2D eigenvalue weighted by molar-refractivity contribution is 5.73. The molecular formula is C24H32N4O2. The van der Waals surface area contributed by atoms with E-state index in [9.17, 15) is 5.11 Å². The summed E-state index contributed by atoms with van der Waals surface area (Å²) in [6.07, 6.45) is 10.9. The van der Waals surface area contributed by atoms with Gasteiger partial charge in [-0.2, -0.15) is 0 Å². The fraction of sp³-hybridized carbons (Fsp3) is 0.500. The van der Waals surface area contributed by atoms with Gasteiger partial charge in [-0.1, -0.05) is 37.5 Å². The Morgan fingerprint density at radius 1 is 1.07 bits per heavy atom. The maximum atomic E-state index is 11.5. The fourth-order valence-corrected chi connectivity index (χ4v) is 4.58. The molecule has 0 atom stereocenters. The largest absolute Gasteiger partial charge is 0.497 e. The van der Waals surface area contributed by atoms with Crippen molar-refractivity contribution >= 4 is 11.5 Å². The average molecular weight is 409 g/mol. The zero-order valence-corrected chi connectivity index (χ0v) is 17.8. The van der Waals surface area contributed by atoms with E-state index in [4.69, 9.17) is 4.74 Å². The van der Waals surface area contributed by atoms with Crippen LogP contribution in [0.3, 0.4) is 0 Å². The van der Waals surface area contributed by atoms with Gasteiger partial charge in [0.15, 0.2) is 0 Å². The molecule has 1 aliphatic carbocycles. The second-order valence-corrected chi connectivity index (χ2v) is 8.28. The first kappa shape index (κ1) is 20.8. The minimum atomic E-state index is -0.746. The summed E-state index contributed by atoms with van der Waals surface area (Å²) in [7, 11) is 1.69. The molecule has 1 aromatic heterocycles. The number of methoxy groups -OCH3 is 1. The van der Waals surface area contributed by atoms with Crippen LogP contribution in [0, 0.1) is 0 Å². The third kappa shape index (κ3) is 4.82. The van der Waals surface area contributed by atoms with Crippen LogP contribution in [-0.4, -0.2) is 65.4 Å². The van der Waals surface area contributed by atoms with E-state index in [-0.39, 0.29) is 0 Å². The van der Waals surface area contributed by atoms with Crippen molar-refractivity contribution in [2.24, 2.45) is 0 Å². The summed E-state index contributed by atoms with van der Waals surface area (Å²) < 4.78 is 5.44. The lowest BCUT2D eigenvalue weighted by Gasteiger charge is -2.37. The molecule has 0 spiro atoms. The molecule has 0 unspecified atom stereocenters. The van der Waals surface area contributed by atoms with E-state index in [0.717, 1.165) is 81.2 Å². The highest BCUT2D eigenvalue weighted by Crippen LogP contribution is 2.40. The fourth-order valence-electron chi connectivity index (χ4n) is 4.58. The van der Waals surface area contributed by atoms with Crippen LogP contribution in [0.15, 0.2) is 48.8 Å². The molecule has 0 bridgehead atoms. The van der Waals surface area contributed by atoms with E-state index in [1.54, 1.807) is 19.5 Å². The van der Waals surface area contributed by atoms with Gasteiger partial charge >= 0.3 is 0 Å². The highest BCUT2D eigenvalue weighted by atomic mass is 16.5. The highest BCUT2D eigenvalue weighted by Gasteiger charge is 2.34. The summed E-state index contributed by atoms with van der Waals surface area (Å²) >= 11 is 0. The van der Waals surface area contributed by atoms with Gasteiger partial charge in [-0.05, 0) is 42.2 Å². The first-order valence-corrected chi connectivity index (χ1v) is 11.0. The molecule has 30 heavy (non-hydrogen) atoms. The van der Waals surface area contributed by atoms with E-state index in [1.165, 1.54) is 6.42 Å². The summed E-state index contributed by atoms with van der Waals surface area (Å²) in [6, 6.07) is 9.94. The van der Waals surface area contributed by atoms with Crippen molar-refractivity contribution in [3.05, 3.63) is 54.4 Å². The molecule has 2 fully saturated rings. The number of ether oxygens (including phenoxy) is 1. The van der Waals surface area contributed by atoms with Crippen LogP contribution < -0.4 is 9.64 Å². The number of piperazine rings is 1. The second kappa shape index (κ2) is 9.58. The van der Waals surface area contributed by atoms with E-state index < -0.39 is 5.60 Å². The van der Waals surface area contributed by atoms with Gasteiger partial charge in [0, 0.05) is 45.1 Å². The Hall–Kier alpha value is -2.44. The smallest absolute Gasteiger partial charge is 0.225 e. The van der Waals surface area contributed by atoms with Crippen LogP contribution in [0.25, 0.3) is 5.57 Å². The van der Waals surface area contributed by atoms with Crippen LogP contribution in [0.1, 0.15) is 37.7 Å². The maximum absolute atomic E-state index is 11.5. The Kier molecular flexibility index (Phi) is 6.65. The molecule has 160 valence electrons. The number of rotatable bonds is 6. The van der Waals surface area contributed by atoms with Gasteiger partial charge in [-0.3, -0.25) is 4.90 Å². The lowest BCUT2D eigenvalue weighted by molar-refractivity contribution is 0.0610. The second-order valence-electron chi connectivity index (χ2n) is 8.28. The number of hydrogen-bond acceptors (Lipinski definition) is 6. The van der Waals surface area contributed by atoms with Gasteiger partial charge in [0.2, 0.25) is 5.95 Å². The standard InChI is InChI=1S/C24H32N4O2/c1-30-21-8-5-7-20(19-21)22(24(29)10-3-2-4-11-24)9-14-27-15-17-28(18-16-27)23-25-12-6-13-26-23/h5-9,12-13,19,29H,2-4,10-11,14-18H2,1H3/b22-9-. The van der Waals surface area contributed by atoms with Gasteiger partial charge < -0.3 is 14.7 Å². The van der Waals surface area contributed by atoms with Crippen molar-refractivity contribution < 1.29 is 9.84 Å². The average Bonchev–Trinajstić information content (AvgIpc) is 2.81. The maximum Gasteiger partial charge on any atom is 0.225 e. The molecule has 6 nitrogen and oxygen atoms in total. The Balaban J connectivity index is 1.48. The van der Waals surface area contributed by atoms with Crippen molar-refractivity contribution in [3.63, 3.8) is 0 Å². The van der Waals surface area contributed by atoms with Crippen molar-refractivity contribution in [2.45, 2.75) is 37.7 Å². The third-order valence-corrected chi connectivity index (χ3v) is 6.32. The molecule has 1 saturated heterocycles. The van der Waals surface area contributed by atoms with E-state index in [1.807, 2.05) is 24.3 Å². The number of benzene rings is 1. The van der Waals surface area contributed by atoms with E-state index in [0.29, 0.717) is 0 Å². The van der Waals surface area contributed by atoms with Crippen LogP contribution in [0.4, 0.5) is 5.95 Å². The SMILES string of the molecule is COc1cccc(/C(=C/CN2CCN(c3ncccn3)CC2)C2(O)CCCCC2)c1. The van der Waals surface area contributed by atoms with Crippen molar-refractivity contribution in [3.8, 4) is 5.75 Å². The van der Waals surface area contributed by atoms with Crippen molar-refractivity contribution in [1.82, 2.24) is 14.9 Å². The number of hydrogen-bond donors (Lipinski definition) is 1. The van der Waals surface area contributed by atoms with Crippen LogP contribution >= 0.6 is 0 Å². The summed E-state index contributed by atoms with van der Waals surface area (Å²) in [5.41, 5.74) is 1.37. The zero-order valence-electron chi connectivity index (χ0n) is 17.8. The monoisotopic (exact) mass is 408 g/mol. The number of nitrogens with zero attached hydrogens (tertiary/aromatic N) is 4. The summed E-state index contributed by atoms with van der Waals surface area (Å²) in [5.74, 6) is 1.63. The molecule has 2 aliphatic rings. The lowest BCUT2D eigenvalue weighted by Crippen LogP contribution is -2.47. The predicted molar refractivity (Wildman–Crippen MR) is 120 cm³/mol. The molecule has 2 aromatic rings. The minimum Gasteiger partial charge on any atom is -0.497 e. The molecule has 0 radical (unpaired) electrons. The van der Waals surface area contributed by atoms with Crippen LogP contribution in [-0.2, 0) is 0 Å². The van der Waals surface area contributed by atoms with Gasteiger partial charge in [0.1, 0.15) is 5.75 Å². The zero-order chi connectivity index (χ0) is 20.8. The Morgan fingerprint density at radius 3 is 2.50 bits per heavy atom.